The Hall–Kier alpha value is -2.35. The van der Waals surface area contributed by atoms with Crippen molar-refractivity contribution in [3.05, 3.63) is 53.8 Å². The highest BCUT2D eigenvalue weighted by molar-refractivity contribution is 5.51. The SMILES string of the molecule is COc1cccc(OC)c1OCC(O)CN1CCOC(c2cccc(F)c2)C1. The summed E-state index contributed by atoms with van der Waals surface area (Å²) in [6.45, 7) is 2.32. The van der Waals surface area contributed by atoms with E-state index in [1.807, 2.05) is 6.07 Å². The van der Waals surface area contributed by atoms with Crippen LogP contribution in [0, 0.1) is 5.82 Å². The van der Waals surface area contributed by atoms with Crippen LogP contribution in [0.1, 0.15) is 11.7 Å². The summed E-state index contributed by atoms with van der Waals surface area (Å²) in [5, 5.41) is 10.4. The molecule has 1 fully saturated rings. The molecule has 1 aliphatic heterocycles. The minimum absolute atomic E-state index is 0.0960. The Morgan fingerprint density at radius 3 is 2.57 bits per heavy atom. The lowest BCUT2D eigenvalue weighted by Gasteiger charge is -2.34. The number of ether oxygens (including phenoxy) is 4. The molecular formula is C21H26FNO5. The fraction of sp³-hybridized carbons (Fsp3) is 0.429. The highest BCUT2D eigenvalue weighted by atomic mass is 19.1. The molecule has 1 heterocycles. The van der Waals surface area contributed by atoms with Crippen LogP contribution < -0.4 is 14.2 Å². The van der Waals surface area contributed by atoms with E-state index in [-0.39, 0.29) is 18.5 Å². The van der Waals surface area contributed by atoms with E-state index >= 15 is 0 Å². The fourth-order valence-electron chi connectivity index (χ4n) is 3.27. The summed E-state index contributed by atoms with van der Waals surface area (Å²) < 4.78 is 35.6. The van der Waals surface area contributed by atoms with Crippen molar-refractivity contribution in [2.24, 2.45) is 0 Å². The Balaban J connectivity index is 1.56. The molecule has 2 unspecified atom stereocenters. The van der Waals surface area contributed by atoms with E-state index in [4.69, 9.17) is 18.9 Å². The van der Waals surface area contributed by atoms with E-state index in [2.05, 4.69) is 4.90 Å². The predicted molar refractivity (Wildman–Crippen MR) is 103 cm³/mol. The topological polar surface area (TPSA) is 60.4 Å². The van der Waals surface area contributed by atoms with Crippen molar-refractivity contribution >= 4 is 0 Å². The Labute approximate surface area is 164 Å². The maximum Gasteiger partial charge on any atom is 0.203 e. The first kappa shape index (κ1) is 20.4. The predicted octanol–water partition coefficient (Wildman–Crippen LogP) is 2.66. The van der Waals surface area contributed by atoms with Crippen molar-refractivity contribution in [3.8, 4) is 17.2 Å². The Morgan fingerprint density at radius 2 is 1.89 bits per heavy atom. The summed E-state index contributed by atoms with van der Waals surface area (Å²) in [4.78, 5) is 2.09. The molecule has 0 aliphatic carbocycles. The molecule has 3 rings (SSSR count). The Morgan fingerprint density at radius 1 is 1.18 bits per heavy atom. The molecule has 6 nitrogen and oxygen atoms in total. The Bertz CT molecular complexity index is 750. The minimum atomic E-state index is -0.708. The summed E-state index contributed by atoms with van der Waals surface area (Å²) in [5.41, 5.74) is 0.800. The first-order valence-electron chi connectivity index (χ1n) is 9.22. The number of hydrogen-bond donors (Lipinski definition) is 1. The summed E-state index contributed by atoms with van der Waals surface area (Å²) in [5.74, 6) is 1.27. The molecule has 0 bridgehead atoms. The third-order valence-electron chi connectivity index (χ3n) is 4.64. The minimum Gasteiger partial charge on any atom is -0.493 e. The van der Waals surface area contributed by atoms with Gasteiger partial charge in [0.1, 0.15) is 18.5 Å². The van der Waals surface area contributed by atoms with Crippen LogP contribution in [0.4, 0.5) is 4.39 Å². The second kappa shape index (κ2) is 9.73. The number of rotatable bonds is 8. The van der Waals surface area contributed by atoms with Crippen LogP contribution in [0.2, 0.25) is 0 Å². The van der Waals surface area contributed by atoms with Gasteiger partial charge < -0.3 is 24.1 Å². The van der Waals surface area contributed by atoms with E-state index in [1.54, 1.807) is 38.5 Å². The zero-order chi connectivity index (χ0) is 19.9. The molecule has 0 spiro atoms. The van der Waals surface area contributed by atoms with Gasteiger partial charge in [0.2, 0.25) is 5.75 Å². The average Bonchev–Trinajstić information content (AvgIpc) is 2.72. The van der Waals surface area contributed by atoms with Gasteiger partial charge in [-0.05, 0) is 29.8 Å². The van der Waals surface area contributed by atoms with Gasteiger partial charge in [0.15, 0.2) is 11.5 Å². The molecule has 1 saturated heterocycles. The molecular weight excluding hydrogens is 365 g/mol. The Kier molecular flexibility index (Phi) is 7.08. The first-order chi connectivity index (χ1) is 13.6. The number of methoxy groups -OCH3 is 2. The zero-order valence-electron chi connectivity index (χ0n) is 16.1. The van der Waals surface area contributed by atoms with Crippen LogP contribution >= 0.6 is 0 Å². The maximum absolute atomic E-state index is 13.5. The van der Waals surface area contributed by atoms with E-state index in [1.165, 1.54) is 12.1 Å². The standard InChI is InChI=1S/C21H26FNO5/c1-25-18-7-4-8-19(26-2)21(18)28-14-17(24)12-23-9-10-27-20(13-23)15-5-3-6-16(22)11-15/h3-8,11,17,20,24H,9-10,12-14H2,1-2H3. The van der Waals surface area contributed by atoms with Gasteiger partial charge in [0, 0.05) is 19.6 Å². The van der Waals surface area contributed by atoms with Gasteiger partial charge in [-0.15, -0.1) is 0 Å². The lowest BCUT2D eigenvalue weighted by molar-refractivity contribution is -0.0461. The number of para-hydroxylation sites is 1. The normalized spacial score (nSPS) is 18.5. The quantitative estimate of drug-likeness (QED) is 0.747. The first-order valence-corrected chi connectivity index (χ1v) is 9.22. The van der Waals surface area contributed by atoms with Gasteiger partial charge in [-0.1, -0.05) is 18.2 Å². The summed E-state index contributed by atoms with van der Waals surface area (Å²) in [6, 6.07) is 11.8. The molecule has 0 saturated carbocycles. The van der Waals surface area contributed by atoms with Gasteiger partial charge >= 0.3 is 0 Å². The van der Waals surface area contributed by atoms with E-state index in [0.717, 1.165) is 5.56 Å². The molecule has 1 N–H and O–H groups in total. The molecule has 1 aliphatic rings. The van der Waals surface area contributed by atoms with Crippen LogP contribution in [0.3, 0.4) is 0 Å². The third kappa shape index (κ3) is 5.13. The van der Waals surface area contributed by atoms with Gasteiger partial charge in [-0.25, -0.2) is 4.39 Å². The highest BCUT2D eigenvalue weighted by Gasteiger charge is 2.24. The number of halogens is 1. The number of nitrogens with zero attached hydrogens (tertiary/aromatic N) is 1. The lowest BCUT2D eigenvalue weighted by atomic mass is 10.1. The number of aliphatic hydroxyl groups is 1. The molecule has 0 amide bonds. The smallest absolute Gasteiger partial charge is 0.203 e. The molecule has 28 heavy (non-hydrogen) atoms. The molecule has 152 valence electrons. The molecule has 0 aromatic heterocycles. The number of β-amino-alcohol motifs (C(OH)–C–C–N with tert-alkyl or cyclic N) is 1. The molecule has 2 aromatic rings. The fourth-order valence-corrected chi connectivity index (χ4v) is 3.27. The average molecular weight is 391 g/mol. The largest absolute Gasteiger partial charge is 0.493 e. The van der Waals surface area contributed by atoms with Gasteiger partial charge in [0.05, 0.1) is 26.9 Å². The van der Waals surface area contributed by atoms with Crippen LogP contribution in [0.5, 0.6) is 17.2 Å². The molecule has 2 atom stereocenters. The van der Waals surface area contributed by atoms with Crippen LogP contribution in [0.15, 0.2) is 42.5 Å². The van der Waals surface area contributed by atoms with Crippen LogP contribution in [0.25, 0.3) is 0 Å². The van der Waals surface area contributed by atoms with Crippen molar-refractivity contribution in [3.63, 3.8) is 0 Å². The van der Waals surface area contributed by atoms with Gasteiger partial charge in [0.25, 0.3) is 0 Å². The van der Waals surface area contributed by atoms with Gasteiger partial charge in [-0.3, -0.25) is 4.90 Å². The lowest BCUT2D eigenvalue weighted by Crippen LogP contribution is -2.43. The van der Waals surface area contributed by atoms with Crippen molar-refractivity contribution in [1.82, 2.24) is 4.90 Å². The second-order valence-electron chi connectivity index (χ2n) is 6.63. The zero-order valence-corrected chi connectivity index (χ0v) is 16.1. The number of morpholine rings is 1. The highest BCUT2D eigenvalue weighted by Crippen LogP contribution is 2.36. The van der Waals surface area contributed by atoms with Crippen LogP contribution in [-0.2, 0) is 4.74 Å². The van der Waals surface area contributed by atoms with Crippen molar-refractivity contribution in [1.29, 1.82) is 0 Å². The monoisotopic (exact) mass is 391 g/mol. The van der Waals surface area contributed by atoms with Crippen molar-refractivity contribution in [2.75, 3.05) is 47.1 Å². The molecule has 2 aromatic carbocycles. The maximum atomic E-state index is 13.5. The summed E-state index contributed by atoms with van der Waals surface area (Å²) in [6.07, 6.45) is -0.923. The molecule has 7 heteroatoms. The van der Waals surface area contributed by atoms with Crippen molar-refractivity contribution in [2.45, 2.75) is 12.2 Å². The number of benzene rings is 2. The number of aliphatic hydroxyl groups excluding tert-OH is 1. The van der Waals surface area contributed by atoms with Crippen molar-refractivity contribution < 1.29 is 28.4 Å². The summed E-state index contributed by atoms with van der Waals surface area (Å²) >= 11 is 0. The second-order valence-corrected chi connectivity index (χ2v) is 6.63. The third-order valence-corrected chi connectivity index (χ3v) is 4.64. The van der Waals surface area contributed by atoms with E-state index in [9.17, 15) is 9.50 Å². The summed E-state index contributed by atoms with van der Waals surface area (Å²) in [7, 11) is 3.11. The van der Waals surface area contributed by atoms with Crippen LogP contribution in [-0.4, -0.2) is 63.2 Å². The van der Waals surface area contributed by atoms with E-state index < -0.39 is 6.10 Å². The van der Waals surface area contributed by atoms with Gasteiger partial charge in [-0.2, -0.15) is 0 Å². The van der Waals surface area contributed by atoms with E-state index in [0.29, 0.717) is 43.5 Å². The number of hydrogen-bond acceptors (Lipinski definition) is 6. The molecule has 0 radical (unpaired) electrons.